The minimum Gasteiger partial charge on any atom is -0.468 e. The number of hydrogen-bond donors (Lipinski definition) is 1. The number of benzene rings is 1. The van der Waals surface area contributed by atoms with Gasteiger partial charge in [-0.05, 0) is 37.6 Å². The third-order valence-electron chi connectivity index (χ3n) is 3.88. The Morgan fingerprint density at radius 3 is 2.85 bits per heavy atom. The maximum absolute atomic E-state index is 13.5. The van der Waals surface area contributed by atoms with Gasteiger partial charge in [0.2, 0.25) is 0 Å². The van der Waals surface area contributed by atoms with Crippen LogP contribution in [0, 0.1) is 18.6 Å². The van der Waals surface area contributed by atoms with Gasteiger partial charge >= 0.3 is 0 Å². The molecule has 0 fully saturated rings. The normalized spacial score (nSPS) is 10.8. The van der Waals surface area contributed by atoms with Crippen molar-refractivity contribution in [2.45, 2.75) is 26.6 Å². The van der Waals surface area contributed by atoms with E-state index in [-0.39, 0.29) is 24.1 Å². The molecule has 0 aliphatic heterocycles. The monoisotopic (exact) mass is 375 g/mol. The molecule has 7 nitrogen and oxygen atoms in total. The van der Waals surface area contributed by atoms with Crippen LogP contribution in [-0.4, -0.2) is 32.0 Å². The highest BCUT2D eigenvalue weighted by Gasteiger charge is 2.10. The van der Waals surface area contributed by atoms with E-state index in [0.717, 1.165) is 24.2 Å². The lowest BCUT2D eigenvalue weighted by Gasteiger charge is -2.07. The maximum Gasteiger partial charge on any atom is 0.271 e. The first kappa shape index (κ1) is 18.6. The first-order chi connectivity index (χ1) is 13.0. The van der Waals surface area contributed by atoms with Gasteiger partial charge in [0.15, 0.2) is 18.3 Å². The van der Waals surface area contributed by atoms with Crippen molar-refractivity contribution >= 4 is 5.91 Å². The fourth-order valence-electron chi connectivity index (χ4n) is 2.44. The van der Waals surface area contributed by atoms with E-state index < -0.39 is 11.6 Å². The lowest BCUT2D eigenvalue weighted by atomic mass is 10.3. The number of ether oxygens (including phenoxy) is 1. The number of nitrogens with zero attached hydrogens (tertiary/aromatic N) is 4. The van der Waals surface area contributed by atoms with Crippen molar-refractivity contribution in [1.82, 2.24) is 24.9 Å². The molecule has 9 heteroatoms. The molecule has 0 atom stereocenters. The van der Waals surface area contributed by atoms with Crippen LogP contribution in [-0.2, 0) is 13.3 Å². The smallest absolute Gasteiger partial charge is 0.271 e. The molecule has 0 aliphatic carbocycles. The van der Waals surface area contributed by atoms with Gasteiger partial charge in [0.05, 0.1) is 0 Å². The number of halogens is 2. The van der Waals surface area contributed by atoms with Crippen molar-refractivity contribution in [3.8, 4) is 5.75 Å². The molecule has 0 spiro atoms. The Morgan fingerprint density at radius 1 is 1.26 bits per heavy atom. The maximum atomic E-state index is 13.5. The van der Waals surface area contributed by atoms with E-state index in [1.807, 2.05) is 17.7 Å². The summed E-state index contributed by atoms with van der Waals surface area (Å²) in [5.74, 6) is -1.88. The molecule has 1 N–H and O–H groups in total. The molecule has 3 aromatic rings. The van der Waals surface area contributed by atoms with Crippen LogP contribution in [0.3, 0.4) is 0 Å². The van der Waals surface area contributed by atoms with Crippen molar-refractivity contribution in [1.29, 1.82) is 0 Å². The van der Waals surface area contributed by atoms with E-state index in [2.05, 4.69) is 15.5 Å². The van der Waals surface area contributed by atoms with E-state index in [1.165, 1.54) is 16.8 Å². The van der Waals surface area contributed by atoms with Crippen LogP contribution in [0.25, 0.3) is 0 Å². The fraction of sp³-hybridized carbons (Fsp3) is 0.278. The molecule has 27 heavy (non-hydrogen) atoms. The summed E-state index contributed by atoms with van der Waals surface area (Å²) >= 11 is 0. The van der Waals surface area contributed by atoms with Gasteiger partial charge in [0, 0.05) is 37.2 Å². The molecule has 2 heterocycles. The Labute approximate surface area is 154 Å². The molecule has 1 amide bonds. The minimum absolute atomic E-state index is 0.0909. The van der Waals surface area contributed by atoms with Gasteiger partial charge in [-0.15, -0.1) is 0 Å². The summed E-state index contributed by atoms with van der Waals surface area (Å²) in [4.78, 5) is 12.1. The van der Waals surface area contributed by atoms with E-state index >= 15 is 0 Å². The van der Waals surface area contributed by atoms with Crippen molar-refractivity contribution in [3.63, 3.8) is 0 Å². The second-order valence-electron chi connectivity index (χ2n) is 5.89. The third-order valence-corrected chi connectivity index (χ3v) is 3.88. The number of amides is 1. The molecule has 0 unspecified atom stereocenters. The van der Waals surface area contributed by atoms with Crippen LogP contribution < -0.4 is 10.1 Å². The van der Waals surface area contributed by atoms with Crippen molar-refractivity contribution in [2.75, 3.05) is 6.54 Å². The van der Waals surface area contributed by atoms with Gasteiger partial charge in [-0.25, -0.2) is 13.5 Å². The number of hydrogen-bond acceptors (Lipinski definition) is 4. The van der Waals surface area contributed by atoms with Gasteiger partial charge < -0.3 is 10.1 Å². The van der Waals surface area contributed by atoms with E-state index in [1.54, 1.807) is 12.4 Å². The summed E-state index contributed by atoms with van der Waals surface area (Å²) in [6, 6.07) is 6.50. The predicted molar refractivity (Wildman–Crippen MR) is 93.1 cm³/mol. The summed E-state index contributed by atoms with van der Waals surface area (Å²) in [6.45, 7) is 3.07. The van der Waals surface area contributed by atoms with Crippen LogP contribution >= 0.6 is 0 Å². The Bertz CT molecular complexity index is 922. The summed E-state index contributed by atoms with van der Waals surface area (Å²) < 4.78 is 34.8. The summed E-state index contributed by atoms with van der Waals surface area (Å²) in [7, 11) is 0. The van der Waals surface area contributed by atoms with Crippen LogP contribution in [0.1, 0.15) is 22.6 Å². The topological polar surface area (TPSA) is 74.0 Å². The number of carbonyl (C=O) groups excluding carboxylic acids is 1. The molecular formula is C18H19F2N5O2. The lowest BCUT2D eigenvalue weighted by Crippen LogP contribution is -2.26. The molecule has 0 aliphatic rings. The molecule has 3 rings (SSSR count). The standard InChI is InChI=1S/C18H19F2N5O2/c1-13-5-8-22-25(13)9-2-7-21-18(26)16-6-10-24(23-16)12-27-17-4-3-14(19)11-15(17)20/h3-6,8,10-11H,2,7,9,12H2,1H3,(H,21,26). The molecule has 0 bridgehead atoms. The largest absolute Gasteiger partial charge is 0.468 e. The predicted octanol–water partition coefficient (Wildman–Crippen LogP) is 2.52. The highest BCUT2D eigenvalue weighted by molar-refractivity contribution is 5.92. The number of carbonyl (C=O) groups is 1. The third kappa shape index (κ3) is 4.90. The zero-order valence-corrected chi connectivity index (χ0v) is 14.7. The first-order valence-corrected chi connectivity index (χ1v) is 8.41. The molecule has 0 radical (unpaired) electrons. The average molecular weight is 375 g/mol. The highest BCUT2D eigenvalue weighted by atomic mass is 19.1. The van der Waals surface area contributed by atoms with Crippen LogP contribution in [0.4, 0.5) is 8.78 Å². The second kappa shape index (κ2) is 8.43. The van der Waals surface area contributed by atoms with Crippen LogP contribution in [0.2, 0.25) is 0 Å². The second-order valence-corrected chi connectivity index (χ2v) is 5.89. The van der Waals surface area contributed by atoms with Gasteiger partial charge in [-0.2, -0.15) is 10.2 Å². The number of aryl methyl sites for hydroxylation is 2. The number of aromatic nitrogens is 4. The van der Waals surface area contributed by atoms with Crippen molar-refractivity contribution in [3.05, 3.63) is 65.7 Å². The Kier molecular flexibility index (Phi) is 5.80. The van der Waals surface area contributed by atoms with Crippen LogP contribution in [0.5, 0.6) is 5.75 Å². The Balaban J connectivity index is 1.45. The molecular weight excluding hydrogens is 356 g/mol. The Hall–Kier alpha value is -3.23. The van der Waals surface area contributed by atoms with E-state index in [0.29, 0.717) is 13.1 Å². The zero-order chi connectivity index (χ0) is 19.2. The van der Waals surface area contributed by atoms with E-state index in [9.17, 15) is 13.6 Å². The number of nitrogens with one attached hydrogen (secondary N) is 1. The SMILES string of the molecule is Cc1ccnn1CCCNC(=O)c1ccn(COc2ccc(F)cc2F)n1. The zero-order valence-electron chi connectivity index (χ0n) is 14.7. The lowest BCUT2D eigenvalue weighted by molar-refractivity contribution is 0.0945. The fourth-order valence-corrected chi connectivity index (χ4v) is 2.44. The highest BCUT2D eigenvalue weighted by Crippen LogP contribution is 2.17. The molecule has 2 aromatic heterocycles. The number of rotatable bonds is 8. The van der Waals surface area contributed by atoms with Gasteiger partial charge in [0.25, 0.3) is 5.91 Å². The van der Waals surface area contributed by atoms with Crippen LogP contribution in [0.15, 0.2) is 42.7 Å². The molecule has 0 saturated heterocycles. The summed E-state index contributed by atoms with van der Waals surface area (Å²) in [5, 5.41) is 11.0. The van der Waals surface area contributed by atoms with Gasteiger partial charge in [-0.3, -0.25) is 9.48 Å². The molecule has 142 valence electrons. The quantitative estimate of drug-likeness (QED) is 0.614. The van der Waals surface area contributed by atoms with Gasteiger partial charge in [-0.1, -0.05) is 0 Å². The molecule has 1 aromatic carbocycles. The summed E-state index contributed by atoms with van der Waals surface area (Å²) in [6.07, 6.45) is 4.02. The van der Waals surface area contributed by atoms with Crippen molar-refractivity contribution < 1.29 is 18.3 Å². The first-order valence-electron chi connectivity index (χ1n) is 8.41. The average Bonchev–Trinajstić information content (AvgIpc) is 3.27. The Morgan fingerprint density at radius 2 is 2.11 bits per heavy atom. The van der Waals surface area contributed by atoms with Gasteiger partial charge in [0.1, 0.15) is 11.5 Å². The minimum atomic E-state index is -0.799. The van der Waals surface area contributed by atoms with E-state index in [4.69, 9.17) is 4.74 Å². The van der Waals surface area contributed by atoms with Crippen molar-refractivity contribution in [2.24, 2.45) is 0 Å². The summed E-state index contributed by atoms with van der Waals surface area (Å²) in [5.41, 5.74) is 1.30. The molecule has 0 saturated carbocycles.